The molecule has 1 saturated heterocycles. The van der Waals surface area contributed by atoms with Crippen LogP contribution in [-0.4, -0.2) is 56.5 Å². The van der Waals surface area contributed by atoms with Gasteiger partial charge in [-0.15, -0.1) is 0 Å². The number of phenolic OH excluding ortho intramolecular Hbond substituents is 1. The minimum atomic E-state index is 0.238. The first-order valence-electron chi connectivity index (χ1n) is 7.54. The number of methoxy groups -OCH3 is 2. The molecule has 1 unspecified atom stereocenters. The van der Waals surface area contributed by atoms with E-state index in [1.807, 2.05) is 12.1 Å². The van der Waals surface area contributed by atoms with E-state index < -0.39 is 0 Å². The summed E-state index contributed by atoms with van der Waals surface area (Å²) in [7, 11) is 3.29. The summed E-state index contributed by atoms with van der Waals surface area (Å²) in [6, 6.07) is 6.17. The van der Waals surface area contributed by atoms with Crippen LogP contribution in [-0.2, 0) is 11.3 Å². The van der Waals surface area contributed by atoms with Crippen molar-refractivity contribution in [1.29, 1.82) is 0 Å². The molecule has 1 aliphatic rings. The van der Waals surface area contributed by atoms with E-state index in [4.69, 9.17) is 9.47 Å². The van der Waals surface area contributed by atoms with Crippen LogP contribution in [0.1, 0.15) is 18.4 Å². The number of nitrogens with one attached hydrogen (secondary N) is 1. The number of ether oxygens (including phenoxy) is 2. The quantitative estimate of drug-likeness (QED) is 0.763. The topological polar surface area (TPSA) is 54.0 Å². The molecule has 5 heteroatoms. The molecule has 1 heterocycles. The Balaban J connectivity index is 2.02. The second-order valence-electron chi connectivity index (χ2n) is 5.49. The van der Waals surface area contributed by atoms with Gasteiger partial charge in [0, 0.05) is 38.3 Å². The largest absolute Gasteiger partial charge is 0.504 e. The third kappa shape index (κ3) is 4.59. The minimum Gasteiger partial charge on any atom is -0.504 e. The highest BCUT2D eigenvalue weighted by Gasteiger charge is 2.19. The van der Waals surface area contributed by atoms with E-state index in [0.29, 0.717) is 24.9 Å². The van der Waals surface area contributed by atoms with Gasteiger partial charge >= 0.3 is 0 Å². The molecule has 2 N–H and O–H groups in total. The highest BCUT2D eigenvalue weighted by Crippen LogP contribution is 2.30. The van der Waals surface area contributed by atoms with Crippen LogP contribution >= 0.6 is 0 Å². The first-order valence-corrected chi connectivity index (χ1v) is 7.54. The highest BCUT2D eigenvalue weighted by atomic mass is 16.5. The van der Waals surface area contributed by atoms with Gasteiger partial charge in [-0.05, 0) is 25.5 Å². The van der Waals surface area contributed by atoms with Crippen LogP contribution in [0.3, 0.4) is 0 Å². The van der Waals surface area contributed by atoms with Crippen LogP contribution in [0.2, 0.25) is 0 Å². The lowest BCUT2D eigenvalue weighted by Crippen LogP contribution is -2.38. The van der Waals surface area contributed by atoms with Crippen molar-refractivity contribution in [3.63, 3.8) is 0 Å². The van der Waals surface area contributed by atoms with E-state index in [-0.39, 0.29) is 5.75 Å². The van der Waals surface area contributed by atoms with Crippen molar-refractivity contribution >= 4 is 0 Å². The molecule has 0 bridgehead atoms. The summed E-state index contributed by atoms with van der Waals surface area (Å²) >= 11 is 0. The van der Waals surface area contributed by atoms with Gasteiger partial charge in [0.1, 0.15) is 0 Å². The Morgan fingerprint density at radius 3 is 2.90 bits per heavy atom. The summed E-state index contributed by atoms with van der Waals surface area (Å²) in [5, 5.41) is 13.7. The number of benzene rings is 1. The lowest BCUT2D eigenvalue weighted by atomic mass is 10.1. The van der Waals surface area contributed by atoms with Crippen molar-refractivity contribution in [2.24, 2.45) is 0 Å². The Labute approximate surface area is 126 Å². The number of para-hydroxylation sites is 1. The zero-order chi connectivity index (χ0) is 15.1. The molecule has 1 aliphatic heterocycles. The van der Waals surface area contributed by atoms with Crippen molar-refractivity contribution in [2.75, 3.05) is 40.5 Å². The second-order valence-corrected chi connectivity index (χ2v) is 5.49. The molecular formula is C16H26N2O3. The fraction of sp³-hybridized carbons (Fsp3) is 0.625. The zero-order valence-electron chi connectivity index (χ0n) is 13.0. The monoisotopic (exact) mass is 294 g/mol. The molecule has 118 valence electrons. The van der Waals surface area contributed by atoms with E-state index in [0.717, 1.165) is 25.2 Å². The summed E-state index contributed by atoms with van der Waals surface area (Å²) in [5.74, 6) is 0.764. The highest BCUT2D eigenvalue weighted by molar-refractivity contribution is 5.45. The van der Waals surface area contributed by atoms with Gasteiger partial charge in [-0.1, -0.05) is 12.1 Å². The molecule has 0 spiro atoms. The van der Waals surface area contributed by atoms with Crippen LogP contribution in [0.25, 0.3) is 0 Å². The molecule has 1 fully saturated rings. The molecule has 2 rings (SSSR count). The Hall–Kier alpha value is -1.30. The minimum absolute atomic E-state index is 0.238. The van der Waals surface area contributed by atoms with Gasteiger partial charge in [0.2, 0.25) is 0 Å². The summed E-state index contributed by atoms with van der Waals surface area (Å²) in [5.41, 5.74) is 0.892. The van der Waals surface area contributed by atoms with E-state index in [9.17, 15) is 5.11 Å². The van der Waals surface area contributed by atoms with Crippen LogP contribution in [0.4, 0.5) is 0 Å². The molecule has 21 heavy (non-hydrogen) atoms. The van der Waals surface area contributed by atoms with Crippen LogP contribution in [0, 0.1) is 0 Å². The SMILES string of the molecule is COCCN(Cc1cccc(OC)c1O)CC1CCCN1. The van der Waals surface area contributed by atoms with Gasteiger partial charge in [0.15, 0.2) is 11.5 Å². The maximum atomic E-state index is 10.2. The predicted octanol–water partition coefficient (Wildman–Crippen LogP) is 1.60. The van der Waals surface area contributed by atoms with Crippen LogP contribution in [0.5, 0.6) is 11.5 Å². The van der Waals surface area contributed by atoms with E-state index in [1.54, 1.807) is 20.3 Å². The maximum absolute atomic E-state index is 10.2. The number of nitrogens with zero attached hydrogens (tertiary/aromatic N) is 1. The summed E-state index contributed by atoms with van der Waals surface area (Å²) in [4.78, 5) is 2.32. The molecule has 0 aliphatic carbocycles. The zero-order valence-corrected chi connectivity index (χ0v) is 13.0. The van der Waals surface area contributed by atoms with Crippen molar-refractivity contribution in [1.82, 2.24) is 10.2 Å². The van der Waals surface area contributed by atoms with Gasteiger partial charge in [-0.25, -0.2) is 0 Å². The number of aromatic hydroxyl groups is 1. The lowest BCUT2D eigenvalue weighted by molar-refractivity contribution is 0.137. The standard InChI is InChI=1S/C16H26N2O3/c1-20-10-9-18(12-14-6-4-8-17-14)11-13-5-3-7-15(21-2)16(13)19/h3,5,7,14,17,19H,4,6,8-12H2,1-2H3. The van der Waals surface area contributed by atoms with Crippen molar-refractivity contribution in [3.8, 4) is 11.5 Å². The molecule has 0 radical (unpaired) electrons. The smallest absolute Gasteiger partial charge is 0.162 e. The van der Waals surface area contributed by atoms with Gasteiger partial charge in [0.05, 0.1) is 13.7 Å². The van der Waals surface area contributed by atoms with Gasteiger partial charge in [-0.2, -0.15) is 0 Å². The Morgan fingerprint density at radius 1 is 1.38 bits per heavy atom. The number of hydrogen-bond donors (Lipinski definition) is 2. The average Bonchev–Trinajstić information content (AvgIpc) is 3.00. The van der Waals surface area contributed by atoms with Crippen LogP contribution in [0.15, 0.2) is 18.2 Å². The Kier molecular flexibility index (Phi) is 6.29. The average molecular weight is 294 g/mol. The fourth-order valence-corrected chi connectivity index (χ4v) is 2.78. The summed E-state index contributed by atoms with van der Waals surface area (Å²) in [6.07, 6.45) is 2.46. The van der Waals surface area contributed by atoms with Crippen LogP contribution < -0.4 is 10.1 Å². The van der Waals surface area contributed by atoms with Crippen molar-refractivity contribution < 1.29 is 14.6 Å². The molecule has 0 saturated carbocycles. The second kappa shape index (κ2) is 8.22. The molecule has 0 aromatic heterocycles. The molecular weight excluding hydrogens is 268 g/mol. The molecule has 1 atom stereocenters. The first kappa shape index (κ1) is 16.1. The van der Waals surface area contributed by atoms with E-state index in [1.165, 1.54) is 12.8 Å². The summed E-state index contributed by atoms with van der Waals surface area (Å²) < 4.78 is 10.4. The Morgan fingerprint density at radius 2 is 2.24 bits per heavy atom. The van der Waals surface area contributed by atoms with Crippen molar-refractivity contribution in [3.05, 3.63) is 23.8 Å². The third-order valence-electron chi connectivity index (χ3n) is 3.95. The number of phenols is 1. The van der Waals surface area contributed by atoms with Gasteiger partial charge in [-0.3, -0.25) is 4.90 Å². The molecule has 1 aromatic rings. The normalized spacial score (nSPS) is 18.3. The van der Waals surface area contributed by atoms with E-state index >= 15 is 0 Å². The molecule has 0 amide bonds. The maximum Gasteiger partial charge on any atom is 0.162 e. The van der Waals surface area contributed by atoms with Gasteiger partial charge < -0.3 is 19.9 Å². The van der Waals surface area contributed by atoms with Crippen molar-refractivity contribution in [2.45, 2.75) is 25.4 Å². The predicted molar refractivity (Wildman–Crippen MR) is 82.8 cm³/mol. The first-order chi connectivity index (χ1) is 10.2. The molecule has 5 nitrogen and oxygen atoms in total. The Bertz CT molecular complexity index is 434. The third-order valence-corrected chi connectivity index (χ3v) is 3.95. The lowest BCUT2D eigenvalue weighted by Gasteiger charge is -2.26. The van der Waals surface area contributed by atoms with E-state index in [2.05, 4.69) is 10.2 Å². The number of rotatable bonds is 8. The molecule has 1 aromatic carbocycles. The van der Waals surface area contributed by atoms with Gasteiger partial charge in [0.25, 0.3) is 0 Å². The number of hydrogen-bond acceptors (Lipinski definition) is 5. The fourth-order valence-electron chi connectivity index (χ4n) is 2.78. The summed E-state index contributed by atoms with van der Waals surface area (Å²) in [6.45, 7) is 4.32.